The average molecular weight is 300 g/mol. The van der Waals surface area contributed by atoms with E-state index in [0.29, 0.717) is 4.88 Å². The molecule has 5 heteroatoms. The summed E-state index contributed by atoms with van der Waals surface area (Å²) in [5.41, 5.74) is 2.67. The van der Waals surface area contributed by atoms with Gasteiger partial charge in [0.25, 0.3) is 0 Å². The molecule has 1 aromatic carbocycles. The molecule has 0 radical (unpaired) electrons. The van der Waals surface area contributed by atoms with Crippen molar-refractivity contribution < 1.29 is 18.7 Å². The maximum Gasteiger partial charge on any atom is 0.313 e. The number of esters is 1. The molecule has 0 unspecified atom stereocenters. The minimum atomic E-state index is -0.524. The third kappa shape index (κ3) is 2.60. The molecule has 0 N–H and O–H groups in total. The summed E-state index contributed by atoms with van der Waals surface area (Å²) >= 11 is 1.32. The Balaban J connectivity index is 1.91. The average Bonchev–Trinajstić information content (AvgIpc) is 3.13. The van der Waals surface area contributed by atoms with Crippen LogP contribution < -0.4 is 0 Å². The fourth-order valence-electron chi connectivity index (χ4n) is 2.12. The number of fused-ring (bicyclic) bond motifs is 1. The number of para-hydroxylation sites is 1. The standard InChI is InChI=1S/C16H12O4S/c1-19-16(18)7-13(17)15-6-10(9-21-15)12-8-20-14-5-3-2-4-11(12)14/h2-6,8-9H,7H2,1H3. The zero-order chi connectivity index (χ0) is 14.8. The third-order valence-electron chi connectivity index (χ3n) is 3.20. The Hall–Kier alpha value is -2.40. The van der Waals surface area contributed by atoms with Crippen LogP contribution in [0, 0.1) is 0 Å². The van der Waals surface area contributed by atoms with Crippen molar-refractivity contribution in [2.75, 3.05) is 7.11 Å². The highest BCUT2D eigenvalue weighted by Gasteiger charge is 2.16. The molecule has 0 aliphatic heterocycles. The van der Waals surface area contributed by atoms with E-state index < -0.39 is 5.97 Å². The van der Waals surface area contributed by atoms with Crippen molar-refractivity contribution in [3.63, 3.8) is 0 Å². The first-order chi connectivity index (χ1) is 10.2. The number of thiophene rings is 1. The van der Waals surface area contributed by atoms with Crippen LogP contribution in [0.4, 0.5) is 0 Å². The molecule has 2 aromatic heterocycles. The van der Waals surface area contributed by atoms with Crippen molar-refractivity contribution >= 4 is 34.1 Å². The molecule has 0 fully saturated rings. The van der Waals surface area contributed by atoms with Gasteiger partial charge in [-0.2, -0.15) is 0 Å². The number of Topliss-reactive ketones (excluding diaryl/α,β-unsaturated/α-hetero) is 1. The van der Waals surface area contributed by atoms with Gasteiger partial charge in [0.1, 0.15) is 12.0 Å². The molecule has 0 saturated heterocycles. The Morgan fingerprint density at radius 3 is 2.90 bits per heavy atom. The lowest BCUT2D eigenvalue weighted by atomic mass is 10.1. The third-order valence-corrected chi connectivity index (χ3v) is 4.17. The predicted molar refractivity (Wildman–Crippen MR) is 80.5 cm³/mol. The lowest BCUT2D eigenvalue weighted by molar-refractivity contribution is -0.139. The lowest BCUT2D eigenvalue weighted by Crippen LogP contribution is -2.08. The lowest BCUT2D eigenvalue weighted by Gasteiger charge is -1.96. The molecule has 21 heavy (non-hydrogen) atoms. The molecule has 0 atom stereocenters. The number of rotatable bonds is 4. The monoisotopic (exact) mass is 300 g/mol. The molecular formula is C16H12O4S. The quantitative estimate of drug-likeness (QED) is 0.416. The number of hydrogen-bond donors (Lipinski definition) is 0. The molecule has 0 spiro atoms. The Bertz CT molecular complexity index is 812. The van der Waals surface area contributed by atoms with Crippen molar-refractivity contribution in [1.82, 2.24) is 0 Å². The smallest absolute Gasteiger partial charge is 0.313 e. The highest BCUT2D eigenvalue weighted by molar-refractivity contribution is 7.12. The van der Waals surface area contributed by atoms with Crippen LogP contribution in [0.3, 0.4) is 0 Å². The van der Waals surface area contributed by atoms with Gasteiger partial charge in [0.2, 0.25) is 0 Å². The highest BCUT2D eigenvalue weighted by atomic mass is 32.1. The first-order valence-corrected chi connectivity index (χ1v) is 7.22. The second kappa shape index (κ2) is 5.54. The molecule has 106 valence electrons. The van der Waals surface area contributed by atoms with E-state index in [-0.39, 0.29) is 12.2 Å². The molecule has 0 aliphatic carbocycles. The van der Waals surface area contributed by atoms with Crippen molar-refractivity contribution in [2.45, 2.75) is 6.42 Å². The van der Waals surface area contributed by atoms with Crippen LogP contribution in [0.5, 0.6) is 0 Å². The van der Waals surface area contributed by atoms with Crippen LogP contribution in [0.25, 0.3) is 22.1 Å². The van der Waals surface area contributed by atoms with Gasteiger partial charge < -0.3 is 9.15 Å². The van der Waals surface area contributed by atoms with Gasteiger partial charge in [-0.3, -0.25) is 9.59 Å². The summed E-state index contributed by atoms with van der Waals surface area (Å²) in [6, 6.07) is 9.51. The van der Waals surface area contributed by atoms with Gasteiger partial charge in [-0.25, -0.2) is 0 Å². The summed E-state index contributed by atoms with van der Waals surface area (Å²) in [5.74, 6) is -0.755. The topological polar surface area (TPSA) is 56.5 Å². The van der Waals surface area contributed by atoms with Gasteiger partial charge in [0.15, 0.2) is 5.78 Å². The number of carbonyl (C=O) groups excluding carboxylic acids is 2. The van der Waals surface area contributed by atoms with Crippen molar-refractivity contribution in [1.29, 1.82) is 0 Å². The molecule has 3 rings (SSSR count). The minimum absolute atomic E-state index is 0.231. The number of ketones is 1. The van der Waals surface area contributed by atoms with E-state index in [1.165, 1.54) is 18.4 Å². The molecule has 0 amide bonds. The number of methoxy groups -OCH3 is 1. The van der Waals surface area contributed by atoms with E-state index >= 15 is 0 Å². The Morgan fingerprint density at radius 2 is 2.10 bits per heavy atom. The molecule has 0 saturated carbocycles. The van der Waals surface area contributed by atoms with Gasteiger partial charge in [0.05, 0.1) is 18.3 Å². The Labute approximate surface area is 125 Å². The van der Waals surface area contributed by atoms with Crippen molar-refractivity contribution in [3.8, 4) is 11.1 Å². The van der Waals surface area contributed by atoms with Gasteiger partial charge in [0, 0.05) is 10.9 Å². The maximum atomic E-state index is 11.9. The zero-order valence-corrected chi connectivity index (χ0v) is 12.1. The molecular weight excluding hydrogens is 288 g/mol. The van der Waals surface area contributed by atoms with Crippen LogP contribution in [-0.4, -0.2) is 18.9 Å². The summed E-state index contributed by atoms with van der Waals surface area (Å²) < 4.78 is 10.0. The largest absolute Gasteiger partial charge is 0.469 e. The fourth-order valence-corrected chi connectivity index (χ4v) is 2.96. The van der Waals surface area contributed by atoms with Crippen LogP contribution in [0.1, 0.15) is 16.1 Å². The second-order valence-corrected chi connectivity index (χ2v) is 5.43. The summed E-state index contributed by atoms with van der Waals surface area (Å²) in [5, 5.41) is 2.89. The number of benzene rings is 1. The van der Waals surface area contributed by atoms with E-state index in [9.17, 15) is 9.59 Å². The van der Waals surface area contributed by atoms with E-state index in [1.54, 1.807) is 12.3 Å². The summed E-state index contributed by atoms with van der Waals surface area (Å²) in [4.78, 5) is 23.6. The van der Waals surface area contributed by atoms with Crippen LogP contribution in [0.2, 0.25) is 0 Å². The summed E-state index contributed by atoms with van der Waals surface area (Å²) in [6.07, 6.45) is 1.45. The van der Waals surface area contributed by atoms with Crippen molar-refractivity contribution in [3.05, 3.63) is 46.9 Å². The maximum absolute atomic E-state index is 11.9. The highest BCUT2D eigenvalue weighted by Crippen LogP contribution is 2.33. The van der Waals surface area contributed by atoms with Gasteiger partial charge in [-0.15, -0.1) is 11.3 Å². The Morgan fingerprint density at radius 1 is 1.29 bits per heavy atom. The molecule has 2 heterocycles. The first kappa shape index (κ1) is 13.6. The van der Waals surface area contributed by atoms with Crippen LogP contribution in [0.15, 0.2) is 46.4 Å². The number of ether oxygens (including phenoxy) is 1. The van der Waals surface area contributed by atoms with Gasteiger partial charge >= 0.3 is 5.97 Å². The molecule has 0 bridgehead atoms. The van der Waals surface area contributed by atoms with Gasteiger partial charge in [-0.1, -0.05) is 18.2 Å². The Kier molecular flexibility index (Phi) is 3.58. The number of carbonyl (C=O) groups is 2. The summed E-state index contributed by atoms with van der Waals surface area (Å²) in [7, 11) is 1.27. The van der Waals surface area contributed by atoms with Gasteiger partial charge in [-0.05, 0) is 23.1 Å². The summed E-state index contributed by atoms with van der Waals surface area (Å²) in [6.45, 7) is 0. The normalized spacial score (nSPS) is 10.7. The van der Waals surface area contributed by atoms with Crippen LogP contribution >= 0.6 is 11.3 Å². The first-order valence-electron chi connectivity index (χ1n) is 6.34. The molecule has 3 aromatic rings. The predicted octanol–water partition coefficient (Wildman–Crippen LogP) is 3.91. The molecule has 4 nitrogen and oxygen atoms in total. The van der Waals surface area contributed by atoms with E-state index in [2.05, 4.69) is 4.74 Å². The number of hydrogen-bond acceptors (Lipinski definition) is 5. The van der Waals surface area contributed by atoms with Crippen LogP contribution in [-0.2, 0) is 9.53 Å². The minimum Gasteiger partial charge on any atom is -0.469 e. The SMILES string of the molecule is COC(=O)CC(=O)c1cc(-c2coc3ccccc23)cs1. The van der Waals surface area contributed by atoms with E-state index in [1.807, 2.05) is 29.6 Å². The fraction of sp³-hybridized carbons (Fsp3) is 0.125. The molecule has 0 aliphatic rings. The number of furan rings is 1. The van der Waals surface area contributed by atoms with Crippen molar-refractivity contribution in [2.24, 2.45) is 0 Å². The zero-order valence-electron chi connectivity index (χ0n) is 11.3. The van der Waals surface area contributed by atoms with E-state index in [4.69, 9.17) is 4.42 Å². The van der Waals surface area contributed by atoms with E-state index in [0.717, 1.165) is 22.1 Å². The second-order valence-electron chi connectivity index (χ2n) is 4.52.